The maximum absolute atomic E-state index is 9.14. The molecule has 0 aliphatic carbocycles. The SMILES string of the molecule is CCc1ccc(Oc2ccc(O)cc2)cc1. The molecule has 0 aliphatic heterocycles. The predicted octanol–water partition coefficient (Wildman–Crippen LogP) is 3.75. The van der Waals surface area contributed by atoms with Crippen LogP contribution in [0.25, 0.3) is 0 Å². The van der Waals surface area contributed by atoms with E-state index in [0.717, 1.165) is 17.9 Å². The third-order valence-electron chi connectivity index (χ3n) is 2.40. The van der Waals surface area contributed by atoms with Crippen LogP contribution < -0.4 is 4.74 Å². The van der Waals surface area contributed by atoms with Crippen LogP contribution in [0.2, 0.25) is 0 Å². The fourth-order valence-electron chi connectivity index (χ4n) is 1.44. The molecule has 0 saturated heterocycles. The molecule has 0 fully saturated rings. The summed E-state index contributed by atoms with van der Waals surface area (Å²) in [7, 11) is 0. The Hall–Kier alpha value is -1.96. The van der Waals surface area contributed by atoms with Crippen molar-refractivity contribution >= 4 is 0 Å². The molecule has 82 valence electrons. The van der Waals surface area contributed by atoms with Crippen LogP contribution in [0.15, 0.2) is 48.5 Å². The van der Waals surface area contributed by atoms with Gasteiger partial charge < -0.3 is 9.84 Å². The molecule has 16 heavy (non-hydrogen) atoms. The van der Waals surface area contributed by atoms with E-state index in [1.807, 2.05) is 12.1 Å². The van der Waals surface area contributed by atoms with Crippen LogP contribution in [-0.4, -0.2) is 5.11 Å². The molecular formula is C14H14O2. The van der Waals surface area contributed by atoms with E-state index in [0.29, 0.717) is 0 Å². The van der Waals surface area contributed by atoms with Crippen LogP contribution >= 0.6 is 0 Å². The van der Waals surface area contributed by atoms with E-state index >= 15 is 0 Å². The lowest BCUT2D eigenvalue weighted by Crippen LogP contribution is -1.84. The van der Waals surface area contributed by atoms with Gasteiger partial charge in [-0.15, -0.1) is 0 Å². The largest absolute Gasteiger partial charge is 0.508 e. The summed E-state index contributed by atoms with van der Waals surface area (Å²) in [5, 5.41) is 9.14. The molecule has 0 aliphatic rings. The number of phenolic OH excluding ortho intramolecular Hbond substituents is 1. The lowest BCUT2D eigenvalue weighted by Gasteiger charge is -2.06. The van der Waals surface area contributed by atoms with Gasteiger partial charge in [-0.1, -0.05) is 19.1 Å². The van der Waals surface area contributed by atoms with E-state index in [1.54, 1.807) is 24.3 Å². The van der Waals surface area contributed by atoms with Crippen molar-refractivity contribution in [1.82, 2.24) is 0 Å². The van der Waals surface area contributed by atoms with Crippen LogP contribution in [0.4, 0.5) is 0 Å². The third-order valence-corrected chi connectivity index (χ3v) is 2.40. The Kier molecular flexibility index (Phi) is 3.10. The molecule has 0 saturated carbocycles. The molecule has 2 nitrogen and oxygen atoms in total. The third kappa shape index (κ3) is 2.54. The highest BCUT2D eigenvalue weighted by atomic mass is 16.5. The summed E-state index contributed by atoms with van der Waals surface area (Å²) in [6.07, 6.45) is 1.03. The van der Waals surface area contributed by atoms with Crippen molar-refractivity contribution in [2.24, 2.45) is 0 Å². The smallest absolute Gasteiger partial charge is 0.127 e. The average Bonchev–Trinajstić information content (AvgIpc) is 2.33. The predicted molar refractivity (Wildman–Crippen MR) is 64.0 cm³/mol. The van der Waals surface area contributed by atoms with Crippen molar-refractivity contribution in [3.8, 4) is 17.2 Å². The van der Waals surface area contributed by atoms with E-state index in [2.05, 4.69) is 19.1 Å². The molecule has 0 amide bonds. The molecule has 2 rings (SSSR count). The Labute approximate surface area is 95.1 Å². The van der Waals surface area contributed by atoms with Gasteiger partial charge in [0.2, 0.25) is 0 Å². The topological polar surface area (TPSA) is 29.5 Å². The summed E-state index contributed by atoms with van der Waals surface area (Å²) in [5.41, 5.74) is 1.29. The van der Waals surface area contributed by atoms with Gasteiger partial charge in [-0.3, -0.25) is 0 Å². The van der Waals surface area contributed by atoms with Crippen molar-refractivity contribution in [3.05, 3.63) is 54.1 Å². The van der Waals surface area contributed by atoms with Gasteiger partial charge in [-0.2, -0.15) is 0 Å². The number of hydrogen-bond acceptors (Lipinski definition) is 2. The zero-order valence-corrected chi connectivity index (χ0v) is 9.18. The molecule has 2 aromatic carbocycles. The number of rotatable bonds is 3. The van der Waals surface area contributed by atoms with E-state index in [1.165, 1.54) is 5.56 Å². The van der Waals surface area contributed by atoms with E-state index < -0.39 is 0 Å². The first kappa shape index (κ1) is 10.6. The minimum absolute atomic E-state index is 0.244. The standard InChI is InChI=1S/C14H14O2/c1-2-11-3-7-13(8-4-11)16-14-9-5-12(15)6-10-14/h3-10,15H,2H2,1H3. The van der Waals surface area contributed by atoms with Crippen LogP contribution in [0.1, 0.15) is 12.5 Å². The van der Waals surface area contributed by atoms with Gasteiger partial charge >= 0.3 is 0 Å². The monoisotopic (exact) mass is 214 g/mol. The number of hydrogen-bond donors (Lipinski definition) is 1. The Morgan fingerprint density at radius 1 is 0.875 bits per heavy atom. The van der Waals surface area contributed by atoms with Crippen molar-refractivity contribution in [2.75, 3.05) is 0 Å². The first-order valence-corrected chi connectivity index (χ1v) is 5.34. The summed E-state index contributed by atoms with van der Waals surface area (Å²) < 4.78 is 5.62. The Balaban J connectivity index is 2.11. The highest BCUT2D eigenvalue weighted by Crippen LogP contribution is 2.23. The Morgan fingerprint density at radius 2 is 1.38 bits per heavy atom. The molecule has 0 spiro atoms. The average molecular weight is 214 g/mol. The van der Waals surface area contributed by atoms with Crippen LogP contribution in [0.3, 0.4) is 0 Å². The number of aryl methyl sites for hydroxylation is 1. The quantitative estimate of drug-likeness (QED) is 0.843. The molecule has 1 N–H and O–H groups in total. The fourth-order valence-corrected chi connectivity index (χ4v) is 1.44. The number of phenols is 1. The minimum Gasteiger partial charge on any atom is -0.508 e. The van der Waals surface area contributed by atoms with Gasteiger partial charge in [0, 0.05) is 0 Å². The molecule has 0 bridgehead atoms. The van der Waals surface area contributed by atoms with Gasteiger partial charge in [-0.25, -0.2) is 0 Å². The second-order valence-corrected chi connectivity index (χ2v) is 3.59. The maximum atomic E-state index is 9.14. The zero-order chi connectivity index (χ0) is 11.4. The van der Waals surface area contributed by atoms with Crippen LogP contribution in [0, 0.1) is 0 Å². The van der Waals surface area contributed by atoms with E-state index in [9.17, 15) is 0 Å². The molecule has 2 heteroatoms. The van der Waals surface area contributed by atoms with Gasteiger partial charge in [0.25, 0.3) is 0 Å². The molecule has 0 heterocycles. The summed E-state index contributed by atoms with van der Waals surface area (Å²) in [6.45, 7) is 2.12. The molecule has 0 unspecified atom stereocenters. The van der Waals surface area contributed by atoms with E-state index in [4.69, 9.17) is 9.84 Å². The van der Waals surface area contributed by atoms with Gasteiger partial charge in [-0.05, 0) is 48.4 Å². The van der Waals surface area contributed by atoms with Crippen molar-refractivity contribution in [1.29, 1.82) is 0 Å². The Morgan fingerprint density at radius 3 is 1.88 bits per heavy atom. The highest BCUT2D eigenvalue weighted by molar-refractivity contribution is 5.35. The molecule has 0 radical (unpaired) electrons. The van der Waals surface area contributed by atoms with Crippen molar-refractivity contribution < 1.29 is 9.84 Å². The van der Waals surface area contributed by atoms with Gasteiger partial charge in [0.15, 0.2) is 0 Å². The molecule has 2 aromatic rings. The van der Waals surface area contributed by atoms with Crippen molar-refractivity contribution in [2.45, 2.75) is 13.3 Å². The zero-order valence-electron chi connectivity index (χ0n) is 9.18. The number of benzene rings is 2. The van der Waals surface area contributed by atoms with Crippen LogP contribution in [0.5, 0.6) is 17.2 Å². The normalized spacial score (nSPS) is 10.1. The fraction of sp³-hybridized carbons (Fsp3) is 0.143. The molecule has 0 atom stereocenters. The van der Waals surface area contributed by atoms with Gasteiger partial charge in [0.1, 0.15) is 17.2 Å². The molecular weight excluding hydrogens is 200 g/mol. The Bertz CT molecular complexity index is 443. The van der Waals surface area contributed by atoms with E-state index in [-0.39, 0.29) is 5.75 Å². The number of ether oxygens (including phenoxy) is 1. The highest BCUT2D eigenvalue weighted by Gasteiger charge is 1.97. The minimum atomic E-state index is 0.244. The first-order chi connectivity index (χ1) is 7.78. The number of aromatic hydroxyl groups is 1. The second-order valence-electron chi connectivity index (χ2n) is 3.59. The van der Waals surface area contributed by atoms with Crippen LogP contribution in [-0.2, 0) is 6.42 Å². The lowest BCUT2D eigenvalue weighted by molar-refractivity contribution is 0.464. The lowest BCUT2D eigenvalue weighted by atomic mass is 10.2. The summed E-state index contributed by atoms with van der Waals surface area (Å²) in [5.74, 6) is 1.78. The molecule has 0 aromatic heterocycles. The summed E-state index contributed by atoms with van der Waals surface area (Å²) in [4.78, 5) is 0. The second kappa shape index (κ2) is 4.71. The first-order valence-electron chi connectivity index (χ1n) is 5.34. The van der Waals surface area contributed by atoms with Crippen molar-refractivity contribution in [3.63, 3.8) is 0 Å². The maximum Gasteiger partial charge on any atom is 0.127 e. The summed E-state index contributed by atoms with van der Waals surface area (Å²) in [6, 6.07) is 14.7. The summed E-state index contributed by atoms with van der Waals surface area (Å²) >= 11 is 0. The van der Waals surface area contributed by atoms with Gasteiger partial charge in [0.05, 0.1) is 0 Å².